The predicted octanol–water partition coefficient (Wildman–Crippen LogP) is 4.62. The standard InChI is InChI=1S/C20H23F3N4O2/c1-12(2)17(28)11-25-18-9-14(7-8-24-18)13(3)26-19(29)27-16-6-4-5-15(10-16)20(21,22)23/h4-10,12-13H,11H2,1-3H3,(H,24,25)(H2,26,27,29). The number of urea groups is 1. The van der Waals surface area contributed by atoms with Crippen LogP contribution in [-0.4, -0.2) is 23.3 Å². The molecule has 0 spiro atoms. The van der Waals surface area contributed by atoms with E-state index in [1.165, 1.54) is 12.1 Å². The van der Waals surface area contributed by atoms with Crippen molar-refractivity contribution in [2.75, 3.05) is 17.2 Å². The molecule has 1 unspecified atom stereocenters. The number of carbonyl (C=O) groups is 2. The first kappa shape index (κ1) is 22.2. The van der Waals surface area contributed by atoms with Crippen LogP contribution in [0.15, 0.2) is 42.6 Å². The molecule has 0 bridgehead atoms. The SMILES string of the molecule is CC(C)C(=O)CNc1cc(C(C)NC(=O)Nc2cccc(C(F)(F)F)c2)ccn1. The molecule has 1 atom stereocenters. The van der Waals surface area contributed by atoms with Crippen LogP contribution in [0.4, 0.5) is 29.5 Å². The molecular formula is C20H23F3N4O2. The molecule has 2 rings (SSSR count). The Balaban J connectivity index is 1.97. The minimum absolute atomic E-state index is 0.0359. The zero-order valence-electron chi connectivity index (χ0n) is 16.3. The Morgan fingerprint density at radius 2 is 1.83 bits per heavy atom. The lowest BCUT2D eigenvalue weighted by atomic mass is 10.1. The van der Waals surface area contributed by atoms with E-state index in [4.69, 9.17) is 0 Å². The Labute approximate surface area is 166 Å². The zero-order chi connectivity index (χ0) is 21.6. The van der Waals surface area contributed by atoms with Gasteiger partial charge in [-0.1, -0.05) is 19.9 Å². The van der Waals surface area contributed by atoms with Crippen LogP contribution in [-0.2, 0) is 11.0 Å². The molecule has 156 valence electrons. The maximum atomic E-state index is 12.8. The fraction of sp³-hybridized carbons (Fsp3) is 0.350. The molecule has 0 saturated heterocycles. The van der Waals surface area contributed by atoms with Crippen molar-refractivity contribution in [2.45, 2.75) is 33.0 Å². The Morgan fingerprint density at radius 1 is 1.10 bits per heavy atom. The Hall–Kier alpha value is -3.10. The lowest BCUT2D eigenvalue weighted by Gasteiger charge is -2.16. The van der Waals surface area contributed by atoms with Crippen molar-refractivity contribution in [2.24, 2.45) is 5.92 Å². The molecule has 0 aliphatic rings. The maximum Gasteiger partial charge on any atom is 0.416 e. The number of anilines is 2. The third-order valence-electron chi connectivity index (χ3n) is 4.17. The van der Waals surface area contributed by atoms with Crippen LogP contribution in [0.1, 0.15) is 37.9 Å². The molecule has 0 fully saturated rings. The van der Waals surface area contributed by atoms with Crippen molar-refractivity contribution in [1.82, 2.24) is 10.3 Å². The topological polar surface area (TPSA) is 83.1 Å². The minimum atomic E-state index is -4.49. The van der Waals surface area contributed by atoms with Gasteiger partial charge in [-0.3, -0.25) is 4.79 Å². The van der Waals surface area contributed by atoms with E-state index in [2.05, 4.69) is 20.9 Å². The summed E-state index contributed by atoms with van der Waals surface area (Å²) >= 11 is 0. The van der Waals surface area contributed by atoms with E-state index in [1.54, 1.807) is 25.3 Å². The first-order valence-electron chi connectivity index (χ1n) is 9.03. The molecular weight excluding hydrogens is 385 g/mol. The zero-order valence-corrected chi connectivity index (χ0v) is 16.3. The van der Waals surface area contributed by atoms with Crippen LogP contribution in [0.5, 0.6) is 0 Å². The summed E-state index contributed by atoms with van der Waals surface area (Å²) in [5, 5.41) is 7.99. The number of hydrogen-bond donors (Lipinski definition) is 3. The minimum Gasteiger partial charge on any atom is -0.363 e. The third kappa shape index (κ3) is 6.78. The van der Waals surface area contributed by atoms with Crippen molar-refractivity contribution in [3.05, 3.63) is 53.7 Å². The second-order valence-electron chi connectivity index (χ2n) is 6.85. The number of pyridine rings is 1. The second kappa shape index (κ2) is 9.40. The van der Waals surface area contributed by atoms with E-state index in [0.29, 0.717) is 5.82 Å². The van der Waals surface area contributed by atoms with Crippen molar-refractivity contribution in [3.63, 3.8) is 0 Å². The van der Waals surface area contributed by atoms with Gasteiger partial charge in [0.15, 0.2) is 5.78 Å². The van der Waals surface area contributed by atoms with Crippen molar-refractivity contribution < 1.29 is 22.8 Å². The number of ketones is 1. The number of amides is 2. The molecule has 1 aromatic carbocycles. The summed E-state index contributed by atoms with van der Waals surface area (Å²) in [7, 11) is 0. The van der Waals surface area contributed by atoms with E-state index < -0.39 is 23.8 Å². The van der Waals surface area contributed by atoms with Gasteiger partial charge >= 0.3 is 12.2 Å². The highest BCUT2D eigenvalue weighted by Gasteiger charge is 2.30. The number of alkyl halides is 3. The fourth-order valence-electron chi connectivity index (χ4n) is 2.42. The highest BCUT2D eigenvalue weighted by Crippen LogP contribution is 2.30. The molecule has 1 aromatic heterocycles. The molecule has 1 heterocycles. The van der Waals surface area contributed by atoms with E-state index in [9.17, 15) is 22.8 Å². The van der Waals surface area contributed by atoms with E-state index in [1.807, 2.05) is 13.8 Å². The average molecular weight is 408 g/mol. The summed E-state index contributed by atoms with van der Waals surface area (Å²) in [6.07, 6.45) is -2.95. The van der Waals surface area contributed by atoms with Gasteiger partial charge in [0, 0.05) is 17.8 Å². The van der Waals surface area contributed by atoms with Gasteiger partial charge in [0.05, 0.1) is 18.2 Å². The highest BCUT2D eigenvalue weighted by molar-refractivity contribution is 5.89. The van der Waals surface area contributed by atoms with Crippen LogP contribution in [0, 0.1) is 5.92 Å². The molecule has 3 N–H and O–H groups in total. The number of nitrogens with one attached hydrogen (secondary N) is 3. The number of aromatic nitrogens is 1. The van der Waals surface area contributed by atoms with Gasteiger partial charge < -0.3 is 16.0 Å². The molecule has 2 aromatic rings. The van der Waals surface area contributed by atoms with Gasteiger partial charge in [-0.2, -0.15) is 13.2 Å². The summed E-state index contributed by atoms with van der Waals surface area (Å²) in [5.41, 5.74) is -0.0864. The van der Waals surface area contributed by atoms with Gasteiger partial charge in [-0.05, 0) is 42.8 Å². The number of carbonyl (C=O) groups excluding carboxylic acids is 2. The molecule has 0 aliphatic heterocycles. The Bertz CT molecular complexity index is 869. The predicted molar refractivity (Wildman–Crippen MR) is 105 cm³/mol. The largest absolute Gasteiger partial charge is 0.416 e. The summed E-state index contributed by atoms with van der Waals surface area (Å²) in [6, 6.07) is 6.71. The van der Waals surface area contributed by atoms with Gasteiger partial charge in [-0.25, -0.2) is 9.78 Å². The summed E-state index contributed by atoms with van der Waals surface area (Å²) < 4.78 is 38.3. The fourth-order valence-corrected chi connectivity index (χ4v) is 2.42. The molecule has 2 amide bonds. The smallest absolute Gasteiger partial charge is 0.363 e. The normalized spacial score (nSPS) is 12.4. The van der Waals surface area contributed by atoms with Crippen LogP contribution in [0.25, 0.3) is 0 Å². The average Bonchev–Trinajstić information content (AvgIpc) is 2.65. The van der Waals surface area contributed by atoms with Crippen molar-refractivity contribution in [3.8, 4) is 0 Å². The second-order valence-corrected chi connectivity index (χ2v) is 6.85. The quantitative estimate of drug-likeness (QED) is 0.624. The first-order chi connectivity index (χ1) is 13.6. The van der Waals surface area contributed by atoms with Gasteiger partial charge in [-0.15, -0.1) is 0 Å². The number of Topliss-reactive ketones (excluding diaryl/α,β-unsaturated/α-hetero) is 1. The molecule has 29 heavy (non-hydrogen) atoms. The Morgan fingerprint density at radius 3 is 2.48 bits per heavy atom. The molecule has 0 radical (unpaired) electrons. The number of halogens is 3. The number of nitrogens with zero attached hydrogens (tertiary/aromatic N) is 1. The molecule has 0 aliphatic carbocycles. The lowest BCUT2D eigenvalue weighted by molar-refractivity contribution is -0.137. The number of hydrogen-bond acceptors (Lipinski definition) is 4. The van der Waals surface area contributed by atoms with Crippen LogP contribution in [0.3, 0.4) is 0 Å². The van der Waals surface area contributed by atoms with Gasteiger partial charge in [0.25, 0.3) is 0 Å². The summed E-state index contributed by atoms with van der Waals surface area (Å²) in [6.45, 7) is 5.49. The molecule has 9 heteroatoms. The number of benzene rings is 1. The van der Waals surface area contributed by atoms with Crippen molar-refractivity contribution >= 4 is 23.3 Å². The monoisotopic (exact) mass is 408 g/mol. The van der Waals surface area contributed by atoms with Crippen LogP contribution < -0.4 is 16.0 Å². The van der Waals surface area contributed by atoms with Gasteiger partial charge in [0.1, 0.15) is 5.82 Å². The summed E-state index contributed by atoms with van der Waals surface area (Å²) in [5.74, 6) is 0.443. The maximum absolute atomic E-state index is 12.8. The van der Waals surface area contributed by atoms with E-state index in [-0.39, 0.29) is 23.9 Å². The van der Waals surface area contributed by atoms with E-state index >= 15 is 0 Å². The van der Waals surface area contributed by atoms with Crippen LogP contribution in [0.2, 0.25) is 0 Å². The third-order valence-corrected chi connectivity index (χ3v) is 4.17. The van der Waals surface area contributed by atoms with Gasteiger partial charge in [0.2, 0.25) is 0 Å². The number of rotatable bonds is 7. The highest BCUT2D eigenvalue weighted by atomic mass is 19.4. The molecule has 6 nitrogen and oxygen atoms in total. The molecule has 0 saturated carbocycles. The lowest BCUT2D eigenvalue weighted by Crippen LogP contribution is -2.31. The first-order valence-corrected chi connectivity index (χ1v) is 9.03. The van der Waals surface area contributed by atoms with E-state index in [0.717, 1.165) is 17.7 Å². The Kier molecular flexibility index (Phi) is 7.19. The van der Waals surface area contributed by atoms with Crippen molar-refractivity contribution in [1.29, 1.82) is 0 Å². The van der Waals surface area contributed by atoms with Crippen LogP contribution >= 0.6 is 0 Å². The summed E-state index contributed by atoms with van der Waals surface area (Å²) in [4.78, 5) is 28.0.